The number of aryl methyl sites for hydroxylation is 3. The number of nitrogens with one attached hydrogen (secondary N) is 2. The van der Waals surface area contributed by atoms with Crippen LogP contribution < -0.4 is 10.6 Å². The SMILES string of the molecule is Cc1cc(C)c(NC2CCNC2)cc1C. The van der Waals surface area contributed by atoms with Crippen LogP contribution in [0.5, 0.6) is 0 Å². The molecule has 2 heteroatoms. The van der Waals surface area contributed by atoms with E-state index >= 15 is 0 Å². The molecule has 2 N–H and O–H groups in total. The van der Waals surface area contributed by atoms with Crippen molar-refractivity contribution >= 4 is 5.69 Å². The molecule has 1 fully saturated rings. The molecule has 1 aliphatic heterocycles. The zero-order valence-electron chi connectivity index (χ0n) is 9.85. The van der Waals surface area contributed by atoms with Gasteiger partial charge in [0.25, 0.3) is 0 Å². The van der Waals surface area contributed by atoms with Crippen molar-refractivity contribution in [2.45, 2.75) is 33.2 Å². The Morgan fingerprint density at radius 2 is 1.87 bits per heavy atom. The van der Waals surface area contributed by atoms with E-state index in [9.17, 15) is 0 Å². The Morgan fingerprint density at radius 3 is 2.53 bits per heavy atom. The van der Waals surface area contributed by atoms with Crippen molar-refractivity contribution in [1.29, 1.82) is 0 Å². The van der Waals surface area contributed by atoms with Gasteiger partial charge in [0, 0.05) is 18.3 Å². The summed E-state index contributed by atoms with van der Waals surface area (Å²) in [6, 6.07) is 5.13. The summed E-state index contributed by atoms with van der Waals surface area (Å²) in [5.41, 5.74) is 5.40. The quantitative estimate of drug-likeness (QED) is 0.773. The third kappa shape index (κ3) is 2.32. The van der Waals surface area contributed by atoms with Gasteiger partial charge in [0.15, 0.2) is 0 Å². The summed E-state index contributed by atoms with van der Waals surface area (Å²) in [4.78, 5) is 0. The van der Waals surface area contributed by atoms with Crippen LogP contribution in [0.4, 0.5) is 5.69 Å². The Morgan fingerprint density at radius 1 is 1.13 bits per heavy atom. The number of anilines is 1. The molecular weight excluding hydrogens is 184 g/mol. The van der Waals surface area contributed by atoms with Crippen LogP contribution in [-0.4, -0.2) is 19.1 Å². The van der Waals surface area contributed by atoms with Crippen molar-refractivity contribution in [1.82, 2.24) is 5.32 Å². The van der Waals surface area contributed by atoms with E-state index in [1.807, 2.05) is 0 Å². The normalized spacial score (nSPS) is 20.6. The van der Waals surface area contributed by atoms with Crippen LogP contribution in [0, 0.1) is 20.8 Å². The zero-order chi connectivity index (χ0) is 10.8. The van der Waals surface area contributed by atoms with E-state index < -0.39 is 0 Å². The average Bonchev–Trinajstić information content (AvgIpc) is 2.67. The predicted molar refractivity (Wildman–Crippen MR) is 65.6 cm³/mol. The van der Waals surface area contributed by atoms with Crippen molar-refractivity contribution in [3.05, 3.63) is 28.8 Å². The minimum atomic E-state index is 0.603. The summed E-state index contributed by atoms with van der Waals surface area (Å²) in [7, 11) is 0. The highest BCUT2D eigenvalue weighted by atomic mass is 15.0. The molecule has 1 aromatic rings. The van der Waals surface area contributed by atoms with Crippen molar-refractivity contribution in [3.8, 4) is 0 Å². The molecule has 1 saturated heterocycles. The van der Waals surface area contributed by atoms with Gasteiger partial charge in [0.05, 0.1) is 0 Å². The lowest BCUT2D eigenvalue weighted by atomic mass is 10.0. The molecule has 0 radical (unpaired) electrons. The average molecular weight is 204 g/mol. The van der Waals surface area contributed by atoms with Gasteiger partial charge in [0.2, 0.25) is 0 Å². The molecule has 1 heterocycles. The molecule has 0 aliphatic carbocycles. The van der Waals surface area contributed by atoms with E-state index in [1.54, 1.807) is 0 Å². The van der Waals surface area contributed by atoms with E-state index in [0.717, 1.165) is 13.1 Å². The van der Waals surface area contributed by atoms with Gasteiger partial charge in [-0.15, -0.1) is 0 Å². The van der Waals surface area contributed by atoms with E-state index in [0.29, 0.717) is 6.04 Å². The molecule has 0 saturated carbocycles. The molecule has 2 nitrogen and oxygen atoms in total. The van der Waals surface area contributed by atoms with Crippen LogP contribution in [-0.2, 0) is 0 Å². The smallest absolute Gasteiger partial charge is 0.0398 e. The second-order valence-electron chi connectivity index (χ2n) is 4.59. The monoisotopic (exact) mass is 204 g/mol. The van der Waals surface area contributed by atoms with Crippen LogP contribution in [0.3, 0.4) is 0 Å². The van der Waals surface area contributed by atoms with E-state index in [2.05, 4.69) is 43.5 Å². The van der Waals surface area contributed by atoms with Gasteiger partial charge < -0.3 is 10.6 Å². The Hall–Kier alpha value is -1.02. The maximum atomic E-state index is 3.61. The van der Waals surface area contributed by atoms with E-state index in [1.165, 1.54) is 28.8 Å². The first-order valence-corrected chi connectivity index (χ1v) is 5.72. The summed E-state index contributed by atoms with van der Waals surface area (Å²) in [5.74, 6) is 0. The summed E-state index contributed by atoms with van der Waals surface area (Å²) in [6.45, 7) is 8.75. The zero-order valence-corrected chi connectivity index (χ0v) is 9.85. The lowest BCUT2D eigenvalue weighted by Gasteiger charge is -2.16. The fourth-order valence-electron chi connectivity index (χ4n) is 2.11. The number of benzene rings is 1. The van der Waals surface area contributed by atoms with Gasteiger partial charge in [-0.2, -0.15) is 0 Å². The fraction of sp³-hybridized carbons (Fsp3) is 0.538. The first kappa shape index (κ1) is 10.5. The minimum absolute atomic E-state index is 0.603. The highest BCUT2D eigenvalue weighted by molar-refractivity contribution is 5.55. The van der Waals surface area contributed by atoms with Crippen molar-refractivity contribution < 1.29 is 0 Å². The van der Waals surface area contributed by atoms with E-state index in [4.69, 9.17) is 0 Å². The van der Waals surface area contributed by atoms with Gasteiger partial charge in [0.1, 0.15) is 0 Å². The van der Waals surface area contributed by atoms with Crippen LogP contribution in [0.1, 0.15) is 23.1 Å². The maximum Gasteiger partial charge on any atom is 0.0398 e. The largest absolute Gasteiger partial charge is 0.381 e. The van der Waals surface area contributed by atoms with Crippen LogP contribution in [0.25, 0.3) is 0 Å². The van der Waals surface area contributed by atoms with Crippen LogP contribution >= 0.6 is 0 Å². The molecule has 15 heavy (non-hydrogen) atoms. The summed E-state index contributed by atoms with van der Waals surface area (Å²) >= 11 is 0. The summed E-state index contributed by atoms with van der Waals surface area (Å²) < 4.78 is 0. The Bertz CT molecular complexity index is 352. The molecule has 2 rings (SSSR count). The number of rotatable bonds is 2. The van der Waals surface area contributed by atoms with E-state index in [-0.39, 0.29) is 0 Å². The molecule has 0 amide bonds. The highest BCUT2D eigenvalue weighted by Crippen LogP contribution is 2.21. The molecule has 0 spiro atoms. The molecule has 1 atom stereocenters. The highest BCUT2D eigenvalue weighted by Gasteiger charge is 2.14. The second-order valence-corrected chi connectivity index (χ2v) is 4.59. The molecule has 1 aromatic carbocycles. The fourth-order valence-corrected chi connectivity index (χ4v) is 2.11. The van der Waals surface area contributed by atoms with Crippen molar-refractivity contribution in [2.75, 3.05) is 18.4 Å². The maximum absolute atomic E-state index is 3.61. The molecule has 1 unspecified atom stereocenters. The predicted octanol–water partition coefficient (Wildman–Crippen LogP) is 2.39. The molecule has 82 valence electrons. The topological polar surface area (TPSA) is 24.1 Å². The first-order valence-electron chi connectivity index (χ1n) is 5.72. The Balaban J connectivity index is 2.16. The van der Waals surface area contributed by atoms with Crippen LogP contribution in [0.2, 0.25) is 0 Å². The van der Waals surface area contributed by atoms with Gasteiger partial charge in [-0.25, -0.2) is 0 Å². The number of hydrogen-bond acceptors (Lipinski definition) is 2. The molecule has 1 aliphatic rings. The molecular formula is C13H20N2. The van der Waals surface area contributed by atoms with Gasteiger partial charge in [-0.3, -0.25) is 0 Å². The molecule has 0 aromatic heterocycles. The summed E-state index contributed by atoms with van der Waals surface area (Å²) in [6.07, 6.45) is 1.23. The third-order valence-corrected chi connectivity index (χ3v) is 3.26. The second kappa shape index (κ2) is 4.23. The Labute approximate surface area is 92.1 Å². The summed E-state index contributed by atoms with van der Waals surface area (Å²) in [5, 5.41) is 6.99. The minimum Gasteiger partial charge on any atom is -0.381 e. The van der Waals surface area contributed by atoms with Crippen molar-refractivity contribution in [3.63, 3.8) is 0 Å². The van der Waals surface area contributed by atoms with Gasteiger partial charge in [-0.05, 0) is 56.5 Å². The lowest BCUT2D eigenvalue weighted by Crippen LogP contribution is -2.22. The van der Waals surface area contributed by atoms with Crippen molar-refractivity contribution in [2.24, 2.45) is 0 Å². The van der Waals surface area contributed by atoms with Crippen LogP contribution in [0.15, 0.2) is 12.1 Å². The lowest BCUT2D eigenvalue weighted by molar-refractivity contribution is 0.792. The third-order valence-electron chi connectivity index (χ3n) is 3.26. The van der Waals surface area contributed by atoms with Gasteiger partial charge >= 0.3 is 0 Å². The standard InChI is InChI=1S/C13H20N2/c1-9-6-11(3)13(7-10(9)2)15-12-4-5-14-8-12/h6-7,12,14-15H,4-5,8H2,1-3H3. The number of hydrogen-bond donors (Lipinski definition) is 2. The first-order chi connectivity index (χ1) is 7.16. The molecule has 0 bridgehead atoms. The Kier molecular flexibility index (Phi) is 2.96. The van der Waals surface area contributed by atoms with Gasteiger partial charge in [-0.1, -0.05) is 6.07 Å².